The molecule has 4 nitrogen and oxygen atoms in total. The lowest BCUT2D eigenvalue weighted by molar-refractivity contribution is -0.128. The van der Waals surface area contributed by atoms with Crippen molar-refractivity contribution in [1.29, 1.82) is 0 Å². The molecular weight excluding hydrogens is 292 g/mol. The summed E-state index contributed by atoms with van der Waals surface area (Å²) in [5.41, 5.74) is -0.957. The maximum Gasteiger partial charge on any atom is 0.509 e. The summed E-state index contributed by atoms with van der Waals surface area (Å²) in [5.74, 6) is 0.222. The van der Waals surface area contributed by atoms with E-state index in [0.717, 1.165) is 25.7 Å². The van der Waals surface area contributed by atoms with Crippen LogP contribution in [0.25, 0.3) is 0 Å². The van der Waals surface area contributed by atoms with Gasteiger partial charge in [0.1, 0.15) is 17.5 Å². The van der Waals surface area contributed by atoms with E-state index in [4.69, 9.17) is 9.47 Å². The molecule has 2 unspecified atom stereocenters. The molecule has 0 saturated carbocycles. The van der Waals surface area contributed by atoms with Gasteiger partial charge >= 0.3 is 6.16 Å². The molecule has 1 rings (SSSR count). The van der Waals surface area contributed by atoms with Crippen LogP contribution in [0.3, 0.4) is 0 Å². The van der Waals surface area contributed by atoms with Crippen LogP contribution >= 0.6 is 0 Å². The molecule has 1 aliphatic rings. The largest absolute Gasteiger partial charge is 0.509 e. The zero-order chi connectivity index (χ0) is 17.7. The van der Waals surface area contributed by atoms with Crippen LogP contribution in [0.1, 0.15) is 73.6 Å². The number of allylic oxidation sites excluding steroid dienone is 1. The van der Waals surface area contributed by atoms with Gasteiger partial charge < -0.3 is 9.47 Å². The summed E-state index contributed by atoms with van der Waals surface area (Å²) in [5, 5.41) is 0. The summed E-state index contributed by atoms with van der Waals surface area (Å²) in [4.78, 5) is 24.4. The van der Waals surface area contributed by atoms with E-state index in [2.05, 4.69) is 0 Å². The first-order valence-corrected chi connectivity index (χ1v) is 8.58. The van der Waals surface area contributed by atoms with Gasteiger partial charge in [0.15, 0.2) is 0 Å². The average molecular weight is 324 g/mol. The lowest BCUT2D eigenvalue weighted by Gasteiger charge is -2.29. The molecule has 0 N–H and O–H groups in total. The maximum atomic E-state index is 12.4. The predicted octanol–water partition coefficient (Wildman–Crippen LogP) is 5.06. The first-order valence-electron chi connectivity index (χ1n) is 8.58. The minimum absolute atomic E-state index is 0.0193. The second kappa shape index (κ2) is 7.98. The van der Waals surface area contributed by atoms with Crippen LogP contribution < -0.4 is 0 Å². The normalized spacial score (nSPS) is 24.3. The second-order valence-electron chi connectivity index (χ2n) is 8.40. The minimum atomic E-state index is -0.666. The monoisotopic (exact) mass is 324 g/mol. The molecule has 0 spiro atoms. The Morgan fingerprint density at radius 1 is 1.09 bits per heavy atom. The molecule has 0 saturated heterocycles. The van der Waals surface area contributed by atoms with Crippen molar-refractivity contribution < 1.29 is 19.1 Å². The van der Waals surface area contributed by atoms with E-state index in [1.165, 1.54) is 0 Å². The molecule has 23 heavy (non-hydrogen) atoms. The topological polar surface area (TPSA) is 52.6 Å². The van der Waals surface area contributed by atoms with E-state index in [9.17, 15) is 9.59 Å². The van der Waals surface area contributed by atoms with Crippen molar-refractivity contribution in [2.45, 2.75) is 85.4 Å². The van der Waals surface area contributed by atoms with Crippen molar-refractivity contribution in [3.63, 3.8) is 0 Å². The molecule has 132 valence electrons. The summed E-state index contributed by atoms with van der Waals surface area (Å²) in [7, 11) is 0. The van der Waals surface area contributed by atoms with Crippen molar-refractivity contribution in [3.05, 3.63) is 12.2 Å². The number of carbonyl (C=O) groups excluding carboxylic acids is 2. The van der Waals surface area contributed by atoms with E-state index in [1.54, 1.807) is 0 Å². The quantitative estimate of drug-likeness (QED) is 0.538. The molecular formula is C19H32O4. The van der Waals surface area contributed by atoms with Gasteiger partial charge in [-0.1, -0.05) is 33.3 Å². The van der Waals surface area contributed by atoms with E-state index in [-0.39, 0.29) is 17.1 Å². The summed E-state index contributed by atoms with van der Waals surface area (Å²) in [6.45, 7) is 11.2. The number of Topliss-reactive ketones (excluding diaryl/α,β-unsaturated/α-hetero) is 1. The number of hydrogen-bond acceptors (Lipinski definition) is 4. The number of ether oxygens (including phenoxy) is 2. The Morgan fingerprint density at radius 3 is 2.30 bits per heavy atom. The SMILES string of the molecule is CC(C)(C)OC(=O)OC1/C=C/CCCCC1CC(=O)C(C)(C)C. The fourth-order valence-electron chi connectivity index (χ4n) is 2.50. The van der Waals surface area contributed by atoms with Crippen LogP contribution in [0.15, 0.2) is 12.2 Å². The van der Waals surface area contributed by atoms with Crippen molar-refractivity contribution in [2.75, 3.05) is 0 Å². The smallest absolute Gasteiger partial charge is 0.429 e. The molecule has 0 aliphatic heterocycles. The number of hydrogen-bond donors (Lipinski definition) is 0. The fourth-order valence-corrected chi connectivity index (χ4v) is 2.50. The highest BCUT2D eigenvalue weighted by atomic mass is 16.7. The Balaban J connectivity index is 2.81. The molecule has 0 bridgehead atoms. The van der Waals surface area contributed by atoms with Crippen LogP contribution in [0.5, 0.6) is 0 Å². The first-order chi connectivity index (χ1) is 10.5. The Morgan fingerprint density at radius 2 is 1.74 bits per heavy atom. The third-order valence-corrected chi connectivity index (χ3v) is 3.89. The molecule has 0 fully saturated rings. The summed E-state index contributed by atoms with van der Waals surface area (Å²) in [6.07, 6.45) is 7.36. The van der Waals surface area contributed by atoms with Gasteiger partial charge in [-0.05, 0) is 46.1 Å². The van der Waals surface area contributed by atoms with Crippen LogP contribution in [0.4, 0.5) is 4.79 Å². The average Bonchev–Trinajstić information content (AvgIpc) is 2.33. The highest BCUT2D eigenvalue weighted by Gasteiger charge is 2.31. The molecule has 0 amide bonds. The standard InChI is InChI=1S/C19H32O4/c1-18(2,3)16(20)13-14-11-9-7-8-10-12-15(14)22-17(21)23-19(4,5)6/h10,12,14-15H,7-9,11,13H2,1-6H3/b12-10+. The van der Waals surface area contributed by atoms with E-state index in [1.807, 2.05) is 53.7 Å². The zero-order valence-corrected chi connectivity index (χ0v) is 15.5. The van der Waals surface area contributed by atoms with Crippen LogP contribution in [-0.2, 0) is 14.3 Å². The lowest BCUT2D eigenvalue weighted by Crippen LogP contribution is -2.33. The van der Waals surface area contributed by atoms with Gasteiger partial charge in [0.25, 0.3) is 0 Å². The van der Waals surface area contributed by atoms with Crippen LogP contribution in [0, 0.1) is 11.3 Å². The highest BCUT2D eigenvalue weighted by Crippen LogP contribution is 2.29. The van der Waals surface area contributed by atoms with E-state index >= 15 is 0 Å². The van der Waals surface area contributed by atoms with Gasteiger partial charge in [-0.25, -0.2) is 4.79 Å². The predicted molar refractivity (Wildman–Crippen MR) is 91.3 cm³/mol. The van der Waals surface area contributed by atoms with Crippen molar-refractivity contribution >= 4 is 11.9 Å². The molecule has 0 aromatic rings. The van der Waals surface area contributed by atoms with Crippen molar-refractivity contribution in [3.8, 4) is 0 Å². The van der Waals surface area contributed by atoms with Gasteiger partial charge in [0.05, 0.1) is 0 Å². The molecule has 0 aromatic heterocycles. The van der Waals surface area contributed by atoms with Gasteiger partial charge in [-0.2, -0.15) is 0 Å². The molecule has 1 aliphatic carbocycles. The van der Waals surface area contributed by atoms with Crippen LogP contribution in [0.2, 0.25) is 0 Å². The summed E-state index contributed by atoms with van der Waals surface area (Å²) in [6, 6.07) is 0. The first kappa shape index (κ1) is 19.7. The fraction of sp³-hybridized carbons (Fsp3) is 0.789. The van der Waals surface area contributed by atoms with E-state index < -0.39 is 17.9 Å². The number of ketones is 1. The molecule has 0 heterocycles. The number of carbonyl (C=O) groups is 2. The van der Waals surface area contributed by atoms with Gasteiger partial charge in [0.2, 0.25) is 0 Å². The summed E-state index contributed by atoms with van der Waals surface area (Å²) >= 11 is 0. The van der Waals surface area contributed by atoms with E-state index in [0.29, 0.717) is 6.42 Å². The Kier molecular flexibility index (Phi) is 6.84. The number of rotatable bonds is 3. The lowest BCUT2D eigenvalue weighted by atomic mass is 9.81. The van der Waals surface area contributed by atoms with Crippen LogP contribution in [-0.4, -0.2) is 23.6 Å². The van der Waals surface area contributed by atoms with Gasteiger partial charge in [-0.3, -0.25) is 4.79 Å². The third-order valence-electron chi connectivity index (χ3n) is 3.89. The Hall–Kier alpha value is -1.32. The maximum absolute atomic E-state index is 12.4. The second-order valence-corrected chi connectivity index (χ2v) is 8.40. The Bertz CT molecular complexity index is 437. The van der Waals surface area contributed by atoms with Gasteiger partial charge in [0, 0.05) is 17.8 Å². The van der Waals surface area contributed by atoms with Crippen molar-refractivity contribution in [2.24, 2.45) is 11.3 Å². The molecule has 4 heteroatoms. The van der Waals surface area contributed by atoms with Crippen molar-refractivity contribution in [1.82, 2.24) is 0 Å². The zero-order valence-electron chi connectivity index (χ0n) is 15.5. The van der Waals surface area contributed by atoms with Gasteiger partial charge in [-0.15, -0.1) is 0 Å². The Labute approximate surface area is 140 Å². The summed E-state index contributed by atoms with van der Waals surface area (Å²) < 4.78 is 10.8. The minimum Gasteiger partial charge on any atom is -0.429 e. The molecule has 0 radical (unpaired) electrons. The molecule has 0 aromatic carbocycles. The molecule has 2 atom stereocenters. The third kappa shape index (κ3) is 7.67. The highest BCUT2D eigenvalue weighted by molar-refractivity contribution is 5.83.